The summed E-state index contributed by atoms with van der Waals surface area (Å²) in [5.74, 6) is -3.78. The van der Waals surface area contributed by atoms with Gasteiger partial charge in [0.15, 0.2) is 17.5 Å². The summed E-state index contributed by atoms with van der Waals surface area (Å²) in [4.78, 5) is 0. The van der Waals surface area contributed by atoms with Crippen LogP contribution in [0.1, 0.15) is 29.7 Å². The summed E-state index contributed by atoms with van der Waals surface area (Å²) < 4.78 is 39.8. The Morgan fingerprint density at radius 1 is 0.950 bits per heavy atom. The summed E-state index contributed by atoms with van der Waals surface area (Å²) in [7, 11) is 0. The van der Waals surface area contributed by atoms with Gasteiger partial charge in [-0.2, -0.15) is 0 Å². The zero-order valence-electron chi connectivity index (χ0n) is 11.4. The maximum absolute atomic E-state index is 13.4. The van der Waals surface area contributed by atoms with Gasteiger partial charge in [-0.1, -0.05) is 36.8 Å². The number of benzene rings is 2. The Bertz CT molecular complexity index is 570. The minimum Gasteiger partial charge on any atom is -0.307 e. The van der Waals surface area contributed by atoms with Crippen LogP contribution in [0.25, 0.3) is 0 Å². The molecule has 0 saturated heterocycles. The molecule has 0 aliphatic heterocycles. The normalized spacial score (nSPS) is 12.4. The zero-order chi connectivity index (χ0) is 14.7. The van der Waals surface area contributed by atoms with Crippen LogP contribution in [0.2, 0.25) is 0 Å². The molecular formula is C16H16F3N. The van der Waals surface area contributed by atoms with Gasteiger partial charge in [-0.25, -0.2) is 13.2 Å². The van der Waals surface area contributed by atoms with Crippen molar-refractivity contribution in [3.05, 3.63) is 70.5 Å². The Kier molecular flexibility index (Phi) is 4.45. The molecule has 0 heterocycles. The van der Waals surface area contributed by atoms with E-state index in [1.807, 2.05) is 38.1 Å². The molecule has 0 spiro atoms. The summed E-state index contributed by atoms with van der Waals surface area (Å²) in [5.41, 5.74) is 2.34. The van der Waals surface area contributed by atoms with E-state index in [0.29, 0.717) is 12.1 Å². The van der Waals surface area contributed by atoms with Crippen molar-refractivity contribution in [3.63, 3.8) is 0 Å². The molecule has 1 nitrogen and oxygen atoms in total. The molecular weight excluding hydrogens is 263 g/mol. The van der Waals surface area contributed by atoms with Crippen LogP contribution in [-0.4, -0.2) is 6.54 Å². The molecule has 106 valence electrons. The monoisotopic (exact) mass is 279 g/mol. The highest BCUT2D eigenvalue weighted by Crippen LogP contribution is 2.25. The highest BCUT2D eigenvalue weighted by atomic mass is 19.2. The molecule has 0 aromatic heterocycles. The Morgan fingerprint density at radius 3 is 2.00 bits per heavy atom. The number of hydrogen-bond donors (Lipinski definition) is 1. The fourth-order valence-electron chi connectivity index (χ4n) is 2.13. The Balaban J connectivity index is 2.45. The lowest BCUT2D eigenvalue weighted by molar-refractivity contribution is 0.442. The topological polar surface area (TPSA) is 12.0 Å². The number of rotatable bonds is 4. The molecule has 0 radical (unpaired) electrons. The van der Waals surface area contributed by atoms with E-state index in [1.54, 1.807) is 0 Å². The van der Waals surface area contributed by atoms with Gasteiger partial charge in [-0.3, -0.25) is 0 Å². The molecule has 2 aromatic carbocycles. The molecule has 2 rings (SSSR count). The van der Waals surface area contributed by atoms with E-state index in [2.05, 4.69) is 5.32 Å². The largest absolute Gasteiger partial charge is 0.307 e. The van der Waals surface area contributed by atoms with Gasteiger partial charge in [0, 0.05) is 0 Å². The van der Waals surface area contributed by atoms with Crippen LogP contribution in [0.15, 0.2) is 36.4 Å². The molecule has 0 amide bonds. The van der Waals surface area contributed by atoms with Crippen molar-refractivity contribution >= 4 is 0 Å². The first kappa shape index (κ1) is 14.6. The predicted molar refractivity (Wildman–Crippen MR) is 73.0 cm³/mol. The van der Waals surface area contributed by atoms with Crippen molar-refractivity contribution in [2.45, 2.75) is 19.9 Å². The van der Waals surface area contributed by atoms with E-state index in [4.69, 9.17) is 0 Å². The molecule has 4 heteroatoms. The van der Waals surface area contributed by atoms with E-state index in [0.717, 1.165) is 23.3 Å². The van der Waals surface area contributed by atoms with Gasteiger partial charge in [0.05, 0.1) is 6.04 Å². The quantitative estimate of drug-likeness (QED) is 0.830. The second-order valence-corrected chi connectivity index (χ2v) is 4.70. The summed E-state index contributed by atoms with van der Waals surface area (Å²) in [6, 6.07) is 9.33. The van der Waals surface area contributed by atoms with Crippen molar-refractivity contribution in [1.29, 1.82) is 0 Å². The molecule has 2 aromatic rings. The molecule has 0 bridgehead atoms. The minimum atomic E-state index is -1.44. The fourth-order valence-corrected chi connectivity index (χ4v) is 2.13. The van der Waals surface area contributed by atoms with Crippen molar-refractivity contribution in [2.75, 3.05) is 6.54 Å². The van der Waals surface area contributed by atoms with Crippen LogP contribution in [0.5, 0.6) is 0 Å². The number of halogens is 3. The smallest absolute Gasteiger partial charge is 0.194 e. The summed E-state index contributed by atoms with van der Waals surface area (Å²) in [5, 5.41) is 3.15. The van der Waals surface area contributed by atoms with Crippen LogP contribution in [-0.2, 0) is 0 Å². The molecule has 0 fully saturated rings. The van der Waals surface area contributed by atoms with Crippen molar-refractivity contribution in [2.24, 2.45) is 0 Å². The van der Waals surface area contributed by atoms with Crippen molar-refractivity contribution < 1.29 is 13.2 Å². The second kappa shape index (κ2) is 6.09. The second-order valence-electron chi connectivity index (χ2n) is 4.70. The van der Waals surface area contributed by atoms with Crippen LogP contribution in [0.3, 0.4) is 0 Å². The third-order valence-electron chi connectivity index (χ3n) is 3.16. The maximum atomic E-state index is 13.4. The van der Waals surface area contributed by atoms with E-state index in [-0.39, 0.29) is 6.04 Å². The molecule has 0 saturated carbocycles. The van der Waals surface area contributed by atoms with Crippen LogP contribution in [0.4, 0.5) is 13.2 Å². The lowest BCUT2D eigenvalue weighted by Crippen LogP contribution is -2.22. The molecule has 20 heavy (non-hydrogen) atoms. The average molecular weight is 279 g/mol. The molecule has 0 aliphatic carbocycles. The first-order chi connectivity index (χ1) is 9.52. The van der Waals surface area contributed by atoms with E-state index >= 15 is 0 Å². The zero-order valence-corrected chi connectivity index (χ0v) is 11.4. The molecule has 1 atom stereocenters. The fraction of sp³-hybridized carbons (Fsp3) is 0.250. The first-order valence-electron chi connectivity index (χ1n) is 6.47. The van der Waals surface area contributed by atoms with Crippen molar-refractivity contribution in [1.82, 2.24) is 5.32 Å². The Hall–Kier alpha value is -1.81. The van der Waals surface area contributed by atoms with E-state index in [9.17, 15) is 13.2 Å². The van der Waals surface area contributed by atoms with Crippen LogP contribution >= 0.6 is 0 Å². The summed E-state index contributed by atoms with van der Waals surface area (Å²) in [6.45, 7) is 4.49. The Labute approximate surface area is 116 Å². The van der Waals surface area contributed by atoms with Gasteiger partial charge in [0.2, 0.25) is 0 Å². The van der Waals surface area contributed by atoms with Gasteiger partial charge in [0.25, 0.3) is 0 Å². The van der Waals surface area contributed by atoms with Crippen LogP contribution < -0.4 is 5.32 Å². The standard InChI is InChI=1S/C16H16F3N/c1-3-20-16(11-6-4-10(2)5-7-11)12-8-13(17)15(19)14(18)9-12/h4-9,16,20H,3H2,1-2H3. The maximum Gasteiger partial charge on any atom is 0.194 e. The highest BCUT2D eigenvalue weighted by Gasteiger charge is 2.18. The summed E-state index contributed by atoms with van der Waals surface area (Å²) in [6.07, 6.45) is 0. The van der Waals surface area contributed by atoms with Gasteiger partial charge < -0.3 is 5.32 Å². The predicted octanol–water partition coefficient (Wildman–Crippen LogP) is 4.11. The molecule has 1 N–H and O–H groups in total. The average Bonchev–Trinajstić information content (AvgIpc) is 2.43. The van der Waals surface area contributed by atoms with E-state index < -0.39 is 17.5 Å². The van der Waals surface area contributed by atoms with Gasteiger partial charge in [0.1, 0.15) is 0 Å². The van der Waals surface area contributed by atoms with Crippen molar-refractivity contribution in [3.8, 4) is 0 Å². The minimum absolute atomic E-state index is 0.368. The number of nitrogens with one attached hydrogen (secondary N) is 1. The Morgan fingerprint density at radius 2 is 1.50 bits per heavy atom. The third-order valence-corrected chi connectivity index (χ3v) is 3.16. The lowest BCUT2D eigenvalue weighted by atomic mass is 9.97. The van der Waals surface area contributed by atoms with Crippen LogP contribution in [0, 0.1) is 24.4 Å². The van der Waals surface area contributed by atoms with E-state index in [1.165, 1.54) is 0 Å². The lowest BCUT2D eigenvalue weighted by Gasteiger charge is -2.19. The molecule has 1 unspecified atom stereocenters. The summed E-state index contributed by atoms with van der Waals surface area (Å²) >= 11 is 0. The number of hydrogen-bond acceptors (Lipinski definition) is 1. The highest BCUT2D eigenvalue weighted by molar-refractivity contribution is 5.34. The van der Waals surface area contributed by atoms with Gasteiger partial charge in [-0.15, -0.1) is 0 Å². The van der Waals surface area contributed by atoms with Gasteiger partial charge in [-0.05, 0) is 36.7 Å². The number of aryl methyl sites for hydroxylation is 1. The van der Waals surface area contributed by atoms with Gasteiger partial charge >= 0.3 is 0 Å². The molecule has 0 aliphatic rings. The third kappa shape index (κ3) is 3.02. The first-order valence-corrected chi connectivity index (χ1v) is 6.47. The SMILES string of the molecule is CCNC(c1ccc(C)cc1)c1cc(F)c(F)c(F)c1.